The molecular weight excluding hydrogens is 803 g/mol. The predicted molar refractivity (Wildman–Crippen MR) is 147 cm³/mol. The van der Waals surface area contributed by atoms with Gasteiger partial charge in [-0.2, -0.15) is 39.5 Å². The number of benzene rings is 4. The van der Waals surface area contributed by atoms with Gasteiger partial charge in [0.25, 0.3) is 0 Å². The van der Waals surface area contributed by atoms with E-state index in [1.807, 2.05) is 26.0 Å². The molecule has 300 valence electrons. The topological polar surface area (TPSA) is 104 Å². The van der Waals surface area contributed by atoms with Crippen molar-refractivity contribution < 1.29 is 92.2 Å². The minimum Gasteiger partial charge on any atom is -0.399 e. The third kappa shape index (κ3) is 10.4. The smallest absolute Gasteiger partial charge is 0.399 e. The van der Waals surface area contributed by atoms with Crippen molar-refractivity contribution in [2.24, 2.45) is 0 Å². The fourth-order valence-corrected chi connectivity index (χ4v) is 3.73. The Morgan fingerprint density at radius 1 is 0.315 bits per heavy atom. The Bertz CT molecular complexity index is 1690. The Balaban J connectivity index is 0.000000366. The zero-order chi connectivity index (χ0) is 42.7. The van der Waals surface area contributed by atoms with E-state index in [1.165, 1.54) is 11.1 Å². The maximum atomic E-state index is 12.7. The van der Waals surface area contributed by atoms with Crippen LogP contribution in [-0.4, -0.2) is 0 Å². The first-order chi connectivity index (χ1) is 24.2. The molecule has 4 aromatic carbocycles. The quantitative estimate of drug-likeness (QED) is 0.0614. The summed E-state index contributed by atoms with van der Waals surface area (Å²) in [5.41, 5.74) is 9.70. The summed E-state index contributed by atoms with van der Waals surface area (Å²) in [4.78, 5) is 0. The molecule has 0 amide bonds. The Morgan fingerprint density at radius 2 is 0.556 bits per heavy atom. The molecule has 0 unspecified atom stereocenters. The number of nitrogens with two attached hydrogens (primary N) is 4. The van der Waals surface area contributed by atoms with Gasteiger partial charge in [-0.15, -0.1) is 0 Å². The molecule has 0 aliphatic rings. The number of aryl methyl sites for hydroxylation is 2. The van der Waals surface area contributed by atoms with Gasteiger partial charge in [0, 0.05) is 5.69 Å². The highest BCUT2D eigenvalue weighted by atomic mass is 19.4. The summed E-state index contributed by atoms with van der Waals surface area (Å²) < 4.78 is 258. The lowest BCUT2D eigenvalue weighted by molar-refractivity contribution is -0.143. The summed E-state index contributed by atoms with van der Waals surface area (Å²) in [6.07, 6.45) is -16.4. The van der Waals surface area contributed by atoms with Gasteiger partial charge < -0.3 is 22.9 Å². The van der Waals surface area contributed by atoms with Crippen molar-refractivity contribution in [1.29, 1.82) is 0 Å². The third-order valence-corrected chi connectivity index (χ3v) is 5.99. The fourth-order valence-electron chi connectivity index (χ4n) is 3.73. The van der Waals surface area contributed by atoms with Crippen molar-refractivity contribution >= 4 is 22.7 Å². The first kappa shape index (κ1) is 46.6. The van der Waals surface area contributed by atoms with Gasteiger partial charge in [-0.1, -0.05) is 6.07 Å². The van der Waals surface area contributed by atoms with E-state index in [0.717, 1.165) is 5.69 Å². The molecule has 0 bridgehead atoms. The van der Waals surface area contributed by atoms with Gasteiger partial charge >= 0.3 is 18.5 Å². The first-order valence-corrected chi connectivity index (χ1v) is 13.1. The molecule has 0 heterocycles. The molecule has 0 saturated carbocycles. The molecule has 0 spiro atoms. The zero-order valence-electron chi connectivity index (χ0n) is 26.0. The van der Waals surface area contributed by atoms with Crippen LogP contribution >= 0.6 is 0 Å². The summed E-state index contributed by atoms with van der Waals surface area (Å²) in [7, 11) is 0. The minimum absolute atomic E-state index is 0.854. The Kier molecular flexibility index (Phi) is 14.5. The van der Waals surface area contributed by atoms with Crippen molar-refractivity contribution in [3.8, 4) is 0 Å². The second-order valence-electron chi connectivity index (χ2n) is 10.0. The van der Waals surface area contributed by atoms with Crippen molar-refractivity contribution in [2.75, 3.05) is 22.9 Å². The number of hydrogen-bond donors (Lipinski definition) is 4. The number of alkyl halides is 9. The number of anilines is 4. The van der Waals surface area contributed by atoms with Crippen molar-refractivity contribution in [1.82, 2.24) is 0 Å². The van der Waals surface area contributed by atoms with Crippen LogP contribution in [0.15, 0.2) is 18.2 Å². The second-order valence-corrected chi connectivity index (χ2v) is 10.0. The molecule has 0 radical (unpaired) electrons. The van der Waals surface area contributed by atoms with Crippen LogP contribution in [0.2, 0.25) is 0 Å². The number of hydrogen-bond acceptors (Lipinski definition) is 4. The van der Waals surface area contributed by atoms with E-state index < -0.39 is 122 Å². The molecule has 54 heavy (non-hydrogen) atoms. The average Bonchev–Trinajstić information content (AvgIpc) is 3.01. The molecule has 4 aromatic rings. The number of rotatable bonds is 0. The van der Waals surface area contributed by atoms with Gasteiger partial charge in [0.2, 0.25) is 0 Å². The van der Waals surface area contributed by atoms with E-state index in [2.05, 4.69) is 23.3 Å². The van der Waals surface area contributed by atoms with E-state index in [-0.39, 0.29) is 0 Å². The van der Waals surface area contributed by atoms with Crippen LogP contribution in [0.25, 0.3) is 0 Å². The summed E-state index contributed by atoms with van der Waals surface area (Å²) in [5, 5.41) is 0. The lowest BCUT2D eigenvalue weighted by Gasteiger charge is -2.12. The van der Waals surface area contributed by atoms with Crippen LogP contribution in [-0.2, 0) is 18.5 Å². The normalized spacial score (nSPS) is 11.5. The molecule has 8 N–H and O–H groups in total. The second kappa shape index (κ2) is 16.7. The van der Waals surface area contributed by atoms with E-state index in [0.29, 0.717) is 0 Å². The molecule has 0 fully saturated rings. The van der Waals surface area contributed by atoms with E-state index in [9.17, 15) is 92.2 Å². The lowest BCUT2D eigenvalue weighted by atomic mass is 10.1. The molecule has 0 aliphatic carbocycles. The number of halogens is 21. The van der Waals surface area contributed by atoms with Crippen LogP contribution in [0.5, 0.6) is 0 Å². The zero-order valence-corrected chi connectivity index (χ0v) is 26.0. The van der Waals surface area contributed by atoms with Crippen molar-refractivity contribution in [3.63, 3.8) is 0 Å². The summed E-state index contributed by atoms with van der Waals surface area (Å²) in [6, 6.07) is 6.04. The Hall–Kier alpha value is -5.39. The Morgan fingerprint density at radius 3 is 0.907 bits per heavy atom. The molecule has 4 rings (SSSR count). The van der Waals surface area contributed by atoms with Crippen LogP contribution in [0.3, 0.4) is 0 Å². The van der Waals surface area contributed by atoms with Gasteiger partial charge in [-0.3, -0.25) is 0 Å². The van der Waals surface area contributed by atoms with Gasteiger partial charge in [0.15, 0.2) is 69.8 Å². The van der Waals surface area contributed by atoms with E-state index in [4.69, 9.17) is 5.73 Å². The first-order valence-electron chi connectivity index (χ1n) is 13.1. The highest BCUT2D eigenvalue weighted by molar-refractivity contribution is 5.51. The van der Waals surface area contributed by atoms with Crippen LogP contribution in [0.1, 0.15) is 27.8 Å². The fraction of sp³-hybridized carbons (Fsp3) is 0.172. The minimum atomic E-state index is -5.54. The highest BCUT2D eigenvalue weighted by Crippen LogP contribution is 2.40. The molecule has 25 heteroatoms. The highest BCUT2D eigenvalue weighted by Gasteiger charge is 2.43. The maximum Gasteiger partial charge on any atom is 0.422 e. The molecule has 0 aliphatic heterocycles. The summed E-state index contributed by atoms with van der Waals surface area (Å²) in [6.45, 7) is 4.09. The van der Waals surface area contributed by atoms with Gasteiger partial charge in [-0.05, 0) is 37.1 Å². The van der Waals surface area contributed by atoms with E-state index >= 15 is 0 Å². The standard InChI is InChI=1S/C8H11N.3C7H2F7N/c1-6-3-7(2)5-8(9)4-6;8-2-1(7(12,13)14)6(15)5(11)4(10)3(2)9;8-2-1(7(12,13)14)3(9)6(15)5(11)4(2)10;8-2-1(7(12,13)14)3(9)5(11)6(15)4(2)10/h3-5H,9H2,1-2H3;3*15H2. The lowest BCUT2D eigenvalue weighted by Crippen LogP contribution is -2.16. The predicted octanol–water partition coefficient (Wildman–Crippen LogP) is 10.4. The summed E-state index contributed by atoms with van der Waals surface area (Å²) in [5.74, 6) is -29.0. The molecular formula is C29H17F21N4. The van der Waals surface area contributed by atoms with Crippen molar-refractivity contribution in [2.45, 2.75) is 32.4 Å². The molecule has 0 atom stereocenters. The number of nitrogen functional groups attached to an aromatic ring is 4. The SMILES string of the molecule is Cc1cc(C)cc(N)c1.Nc1c(F)c(F)c(C(F)(F)F)c(F)c1F.Nc1c(F)c(F)c(F)c(C(F)(F)F)c1F.Nc1c(F)c(F)c(F)c(F)c1C(F)(F)F. The summed E-state index contributed by atoms with van der Waals surface area (Å²) >= 11 is 0. The van der Waals surface area contributed by atoms with Crippen LogP contribution < -0.4 is 22.9 Å². The molecule has 0 aromatic heterocycles. The van der Waals surface area contributed by atoms with Crippen LogP contribution in [0, 0.1) is 83.7 Å². The monoisotopic (exact) mass is 820 g/mol. The molecule has 0 saturated heterocycles. The molecule has 4 nitrogen and oxygen atoms in total. The largest absolute Gasteiger partial charge is 0.422 e. The van der Waals surface area contributed by atoms with Gasteiger partial charge in [0.1, 0.15) is 28.1 Å². The van der Waals surface area contributed by atoms with Crippen molar-refractivity contribution in [3.05, 3.63) is 116 Å². The van der Waals surface area contributed by atoms with Gasteiger partial charge in [0.05, 0.1) is 5.69 Å². The average molecular weight is 820 g/mol. The van der Waals surface area contributed by atoms with E-state index in [1.54, 1.807) is 0 Å². The third-order valence-electron chi connectivity index (χ3n) is 5.99. The van der Waals surface area contributed by atoms with Gasteiger partial charge in [-0.25, -0.2) is 52.7 Å². The van der Waals surface area contributed by atoms with Crippen LogP contribution in [0.4, 0.5) is 115 Å². The maximum absolute atomic E-state index is 12.7. The Labute approximate surface area is 286 Å².